The number of nitrogens with one attached hydrogen (secondary N) is 1. The Bertz CT molecular complexity index is 1070. The van der Waals surface area contributed by atoms with Gasteiger partial charge in [-0.05, 0) is 48.7 Å². The van der Waals surface area contributed by atoms with Crippen molar-refractivity contribution in [1.82, 2.24) is 15.1 Å². The minimum absolute atomic E-state index is 0.127. The number of nitrogens with zero attached hydrogens (tertiary/aromatic N) is 2. The Hall–Kier alpha value is -3.26. The van der Waals surface area contributed by atoms with Crippen LogP contribution in [-0.4, -0.2) is 53.1 Å². The topological polar surface area (TPSA) is 88.2 Å². The molecule has 2 fully saturated rings. The first-order valence-corrected chi connectivity index (χ1v) is 10.4. The number of carbonyl (C=O) groups is 3. The van der Waals surface area contributed by atoms with E-state index in [0.717, 1.165) is 5.56 Å². The molecule has 1 spiro atoms. The van der Waals surface area contributed by atoms with Crippen LogP contribution >= 0.6 is 11.6 Å². The Kier molecular flexibility index (Phi) is 4.74. The Balaban J connectivity index is 1.34. The third-order valence-electron chi connectivity index (χ3n) is 5.90. The van der Waals surface area contributed by atoms with Crippen LogP contribution in [0.1, 0.15) is 28.8 Å². The minimum atomic E-state index is -1.10. The van der Waals surface area contributed by atoms with Crippen molar-refractivity contribution in [2.24, 2.45) is 0 Å². The molecule has 31 heavy (non-hydrogen) atoms. The van der Waals surface area contributed by atoms with Gasteiger partial charge < -0.3 is 19.7 Å². The van der Waals surface area contributed by atoms with Crippen molar-refractivity contribution in [2.45, 2.75) is 24.9 Å². The summed E-state index contributed by atoms with van der Waals surface area (Å²) in [6.45, 7) is 0.917. The SMILES string of the molecule is O=C(c1ccc2c(c1)OCO2)N1CCCC2(C1)NC(=O)N(Cc1ccc(Cl)cc1)C2=O. The Morgan fingerprint density at radius 2 is 1.87 bits per heavy atom. The summed E-state index contributed by atoms with van der Waals surface area (Å²) in [6, 6.07) is 11.6. The highest BCUT2D eigenvalue weighted by atomic mass is 35.5. The van der Waals surface area contributed by atoms with Gasteiger partial charge in [-0.2, -0.15) is 0 Å². The molecule has 5 rings (SSSR count). The predicted molar refractivity (Wildman–Crippen MR) is 111 cm³/mol. The number of halogens is 1. The van der Waals surface area contributed by atoms with Crippen molar-refractivity contribution in [3.8, 4) is 11.5 Å². The molecule has 3 aliphatic rings. The molecule has 2 saturated heterocycles. The van der Waals surface area contributed by atoms with E-state index in [1.807, 2.05) is 0 Å². The molecule has 2 aromatic carbocycles. The largest absolute Gasteiger partial charge is 0.454 e. The summed E-state index contributed by atoms with van der Waals surface area (Å²) in [5.74, 6) is 0.603. The molecule has 9 heteroatoms. The zero-order valence-corrected chi connectivity index (χ0v) is 17.4. The molecule has 0 aliphatic carbocycles. The van der Waals surface area contributed by atoms with Crippen LogP contribution in [0.25, 0.3) is 0 Å². The molecule has 4 amide bonds. The van der Waals surface area contributed by atoms with Gasteiger partial charge in [0.05, 0.1) is 13.1 Å². The van der Waals surface area contributed by atoms with E-state index in [1.54, 1.807) is 47.4 Å². The molecule has 1 atom stereocenters. The maximum Gasteiger partial charge on any atom is 0.325 e. The van der Waals surface area contributed by atoms with Crippen LogP contribution in [-0.2, 0) is 11.3 Å². The van der Waals surface area contributed by atoms with Crippen LogP contribution < -0.4 is 14.8 Å². The summed E-state index contributed by atoms with van der Waals surface area (Å²) in [7, 11) is 0. The number of likely N-dealkylation sites (tertiary alicyclic amines) is 1. The molecule has 3 heterocycles. The number of carbonyl (C=O) groups excluding carboxylic acids is 3. The van der Waals surface area contributed by atoms with E-state index in [9.17, 15) is 14.4 Å². The maximum absolute atomic E-state index is 13.3. The van der Waals surface area contributed by atoms with Gasteiger partial charge in [0.25, 0.3) is 11.8 Å². The van der Waals surface area contributed by atoms with Crippen LogP contribution in [0.15, 0.2) is 42.5 Å². The first kappa shape index (κ1) is 19.7. The average Bonchev–Trinajstić information content (AvgIpc) is 3.33. The number of ether oxygens (including phenoxy) is 2. The highest BCUT2D eigenvalue weighted by molar-refractivity contribution is 6.30. The van der Waals surface area contributed by atoms with Crippen LogP contribution in [0.5, 0.6) is 11.5 Å². The lowest BCUT2D eigenvalue weighted by atomic mass is 9.88. The maximum atomic E-state index is 13.3. The molecule has 3 aliphatic heterocycles. The second kappa shape index (κ2) is 7.46. The van der Waals surface area contributed by atoms with E-state index >= 15 is 0 Å². The number of rotatable bonds is 3. The van der Waals surface area contributed by atoms with Gasteiger partial charge in [-0.25, -0.2) is 4.79 Å². The second-order valence-corrected chi connectivity index (χ2v) is 8.36. The molecule has 8 nitrogen and oxygen atoms in total. The van der Waals surface area contributed by atoms with E-state index in [1.165, 1.54) is 4.90 Å². The number of hydrogen-bond acceptors (Lipinski definition) is 5. The van der Waals surface area contributed by atoms with Crippen molar-refractivity contribution in [2.75, 3.05) is 19.9 Å². The number of benzene rings is 2. The third-order valence-corrected chi connectivity index (χ3v) is 6.15. The summed E-state index contributed by atoms with van der Waals surface area (Å²) in [4.78, 5) is 41.8. The molecule has 0 aromatic heterocycles. The van der Waals surface area contributed by atoms with Crippen LogP contribution in [0.2, 0.25) is 5.02 Å². The summed E-state index contributed by atoms with van der Waals surface area (Å²) in [5, 5.41) is 3.44. The normalized spacial score (nSPS) is 22.2. The highest BCUT2D eigenvalue weighted by Gasteiger charge is 2.53. The van der Waals surface area contributed by atoms with E-state index in [4.69, 9.17) is 21.1 Å². The van der Waals surface area contributed by atoms with Gasteiger partial charge in [0.1, 0.15) is 5.54 Å². The average molecular weight is 442 g/mol. The van der Waals surface area contributed by atoms with Gasteiger partial charge in [-0.1, -0.05) is 23.7 Å². The number of piperidine rings is 1. The zero-order valence-electron chi connectivity index (χ0n) is 16.6. The second-order valence-electron chi connectivity index (χ2n) is 7.93. The minimum Gasteiger partial charge on any atom is -0.454 e. The smallest absolute Gasteiger partial charge is 0.325 e. The summed E-state index contributed by atoms with van der Waals surface area (Å²) >= 11 is 5.92. The number of urea groups is 1. The molecule has 160 valence electrons. The van der Waals surface area contributed by atoms with E-state index in [2.05, 4.69) is 5.32 Å². The number of imide groups is 1. The first-order valence-electron chi connectivity index (χ1n) is 10.0. The lowest BCUT2D eigenvalue weighted by molar-refractivity contribution is -0.133. The Labute approximate surface area is 183 Å². The monoisotopic (exact) mass is 441 g/mol. The molecular formula is C22H20ClN3O5. The van der Waals surface area contributed by atoms with Gasteiger partial charge >= 0.3 is 6.03 Å². The van der Waals surface area contributed by atoms with Crippen molar-refractivity contribution < 1.29 is 23.9 Å². The quantitative estimate of drug-likeness (QED) is 0.740. The standard InChI is InChI=1S/C22H20ClN3O5/c23-16-5-2-14(3-6-16)11-26-20(28)22(24-21(26)29)8-1-9-25(12-22)19(27)15-4-7-17-18(10-15)31-13-30-17/h2-7,10H,1,8-9,11-13H2,(H,24,29). The van der Waals surface area contributed by atoms with Crippen molar-refractivity contribution in [1.29, 1.82) is 0 Å². The van der Waals surface area contributed by atoms with E-state index in [-0.39, 0.29) is 31.7 Å². The zero-order chi connectivity index (χ0) is 21.6. The summed E-state index contributed by atoms with van der Waals surface area (Å²) in [5.41, 5.74) is 0.151. The van der Waals surface area contributed by atoms with Crippen LogP contribution in [0, 0.1) is 0 Å². The van der Waals surface area contributed by atoms with Crippen molar-refractivity contribution >= 4 is 29.4 Å². The summed E-state index contributed by atoms with van der Waals surface area (Å²) < 4.78 is 10.7. The van der Waals surface area contributed by atoms with E-state index < -0.39 is 11.6 Å². The predicted octanol–water partition coefficient (Wildman–Crippen LogP) is 2.80. The van der Waals surface area contributed by atoms with Gasteiger partial charge in [-0.15, -0.1) is 0 Å². The first-order chi connectivity index (χ1) is 14.9. The third kappa shape index (κ3) is 3.46. The van der Waals surface area contributed by atoms with Gasteiger partial charge in [0.15, 0.2) is 11.5 Å². The van der Waals surface area contributed by atoms with E-state index in [0.29, 0.717) is 41.5 Å². The highest BCUT2D eigenvalue weighted by Crippen LogP contribution is 2.34. The lowest BCUT2D eigenvalue weighted by Gasteiger charge is -2.38. The van der Waals surface area contributed by atoms with Crippen LogP contribution in [0.4, 0.5) is 4.79 Å². The van der Waals surface area contributed by atoms with Crippen LogP contribution in [0.3, 0.4) is 0 Å². The number of hydrogen-bond donors (Lipinski definition) is 1. The Morgan fingerprint density at radius 3 is 2.68 bits per heavy atom. The molecule has 0 radical (unpaired) electrons. The molecule has 0 saturated carbocycles. The lowest BCUT2D eigenvalue weighted by Crippen LogP contribution is -2.59. The van der Waals surface area contributed by atoms with Gasteiger partial charge in [0, 0.05) is 17.1 Å². The number of amides is 4. The molecule has 1 N–H and O–H groups in total. The fourth-order valence-corrected chi connectivity index (χ4v) is 4.44. The number of fused-ring (bicyclic) bond motifs is 1. The van der Waals surface area contributed by atoms with Gasteiger partial charge in [0.2, 0.25) is 6.79 Å². The molecular weight excluding hydrogens is 422 g/mol. The molecule has 1 unspecified atom stereocenters. The fourth-order valence-electron chi connectivity index (χ4n) is 4.31. The Morgan fingerprint density at radius 1 is 1.10 bits per heavy atom. The molecule has 2 aromatic rings. The van der Waals surface area contributed by atoms with Crippen molar-refractivity contribution in [3.05, 3.63) is 58.6 Å². The summed E-state index contributed by atoms with van der Waals surface area (Å²) in [6.07, 6.45) is 1.09. The van der Waals surface area contributed by atoms with Crippen molar-refractivity contribution in [3.63, 3.8) is 0 Å². The van der Waals surface area contributed by atoms with Gasteiger partial charge in [-0.3, -0.25) is 14.5 Å². The fraction of sp³-hybridized carbons (Fsp3) is 0.318. The molecule has 0 bridgehead atoms.